The van der Waals surface area contributed by atoms with Gasteiger partial charge in [-0.25, -0.2) is 9.97 Å². The standard InChI is InChI=1S/C21H17ClN4O3S2/c1-11(12-4-3-5-13(22)6-12)19(27)24-14-7-16(29-2)18-17(8-14)31-21(25-18)26-20(28)15-9-30-10-23-15/h3-11H,1-2H3,(H,24,27)(H,25,26,28). The first-order chi connectivity index (χ1) is 14.9. The molecule has 158 valence electrons. The van der Waals surface area contributed by atoms with Gasteiger partial charge in [0.25, 0.3) is 5.91 Å². The van der Waals surface area contributed by atoms with Gasteiger partial charge in [-0.2, -0.15) is 0 Å². The molecule has 2 N–H and O–H groups in total. The number of hydrogen-bond donors (Lipinski definition) is 2. The van der Waals surface area contributed by atoms with E-state index in [0.29, 0.717) is 32.8 Å². The highest BCUT2D eigenvalue weighted by atomic mass is 35.5. The van der Waals surface area contributed by atoms with Gasteiger partial charge in [-0.15, -0.1) is 11.3 Å². The summed E-state index contributed by atoms with van der Waals surface area (Å²) in [5, 5.41) is 8.33. The van der Waals surface area contributed by atoms with Crippen molar-refractivity contribution in [2.75, 3.05) is 17.7 Å². The van der Waals surface area contributed by atoms with Crippen LogP contribution in [0.3, 0.4) is 0 Å². The molecule has 4 rings (SSSR count). The van der Waals surface area contributed by atoms with Crippen molar-refractivity contribution in [3.05, 3.63) is 63.6 Å². The molecule has 1 unspecified atom stereocenters. The number of methoxy groups -OCH3 is 1. The molecule has 2 aromatic heterocycles. The van der Waals surface area contributed by atoms with Crippen molar-refractivity contribution in [2.24, 2.45) is 0 Å². The largest absolute Gasteiger partial charge is 0.494 e. The first-order valence-electron chi connectivity index (χ1n) is 9.19. The summed E-state index contributed by atoms with van der Waals surface area (Å²) >= 11 is 8.67. The molecule has 4 aromatic rings. The summed E-state index contributed by atoms with van der Waals surface area (Å²) in [6, 6.07) is 10.7. The SMILES string of the molecule is COc1cc(NC(=O)C(C)c2cccc(Cl)c2)cc2sc(NC(=O)c3cscn3)nc12. The van der Waals surface area contributed by atoms with E-state index in [0.717, 1.165) is 10.3 Å². The van der Waals surface area contributed by atoms with Crippen molar-refractivity contribution in [1.29, 1.82) is 0 Å². The number of halogens is 1. The number of thiazole rings is 2. The normalized spacial score (nSPS) is 11.8. The molecule has 0 spiro atoms. The third kappa shape index (κ3) is 4.68. The van der Waals surface area contributed by atoms with Gasteiger partial charge in [-0.3, -0.25) is 14.9 Å². The van der Waals surface area contributed by atoms with E-state index < -0.39 is 5.92 Å². The number of aromatic nitrogens is 2. The molecule has 0 fully saturated rings. The number of amides is 2. The molecule has 0 saturated carbocycles. The lowest BCUT2D eigenvalue weighted by atomic mass is 10.0. The number of anilines is 2. The molecule has 2 amide bonds. The lowest BCUT2D eigenvalue weighted by Crippen LogP contribution is -2.18. The second kappa shape index (κ2) is 9.01. The van der Waals surface area contributed by atoms with Crippen LogP contribution < -0.4 is 15.4 Å². The Hall–Kier alpha value is -3.01. The van der Waals surface area contributed by atoms with E-state index in [1.807, 2.05) is 19.1 Å². The van der Waals surface area contributed by atoms with Crippen LogP contribution in [-0.2, 0) is 4.79 Å². The van der Waals surface area contributed by atoms with E-state index in [9.17, 15) is 9.59 Å². The van der Waals surface area contributed by atoms with Crippen LogP contribution >= 0.6 is 34.3 Å². The van der Waals surface area contributed by atoms with E-state index in [-0.39, 0.29) is 11.8 Å². The highest BCUT2D eigenvalue weighted by Gasteiger charge is 2.18. The van der Waals surface area contributed by atoms with E-state index in [2.05, 4.69) is 20.6 Å². The zero-order valence-electron chi connectivity index (χ0n) is 16.5. The molecule has 0 aliphatic rings. The Labute approximate surface area is 191 Å². The molecule has 0 aliphatic carbocycles. The predicted octanol–water partition coefficient (Wildman–Crippen LogP) is 5.41. The maximum Gasteiger partial charge on any atom is 0.276 e. The number of rotatable bonds is 6. The van der Waals surface area contributed by atoms with Crippen LogP contribution in [0.1, 0.15) is 28.9 Å². The molecular weight excluding hydrogens is 456 g/mol. The number of ether oxygens (including phenoxy) is 1. The van der Waals surface area contributed by atoms with Gasteiger partial charge in [0.1, 0.15) is 17.0 Å². The minimum atomic E-state index is -0.394. The first-order valence-corrected chi connectivity index (χ1v) is 11.3. The number of benzene rings is 2. The molecule has 10 heteroatoms. The van der Waals surface area contributed by atoms with Gasteiger partial charge in [0.05, 0.1) is 23.2 Å². The number of carbonyl (C=O) groups excluding carboxylic acids is 2. The van der Waals surface area contributed by atoms with Gasteiger partial charge in [0, 0.05) is 22.2 Å². The predicted molar refractivity (Wildman–Crippen MR) is 125 cm³/mol. The third-order valence-electron chi connectivity index (χ3n) is 4.57. The van der Waals surface area contributed by atoms with Crippen LogP contribution in [0.25, 0.3) is 10.2 Å². The molecule has 2 heterocycles. The van der Waals surface area contributed by atoms with Crippen LogP contribution in [0.4, 0.5) is 10.8 Å². The summed E-state index contributed by atoms with van der Waals surface area (Å²) in [4.78, 5) is 33.5. The average molecular weight is 473 g/mol. The summed E-state index contributed by atoms with van der Waals surface area (Å²) in [5.41, 5.74) is 3.92. The number of nitrogens with one attached hydrogen (secondary N) is 2. The fraction of sp³-hybridized carbons (Fsp3) is 0.143. The topological polar surface area (TPSA) is 93.2 Å². The Balaban J connectivity index is 1.57. The Morgan fingerprint density at radius 2 is 2.03 bits per heavy atom. The third-order valence-corrected chi connectivity index (χ3v) is 6.31. The van der Waals surface area contributed by atoms with Gasteiger partial charge in [-0.05, 0) is 30.7 Å². The van der Waals surface area contributed by atoms with Crippen LogP contribution in [0.2, 0.25) is 5.02 Å². The molecule has 2 aromatic carbocycles. The van der Waals surface area contributed by atoms with E-state index in [1.165, 1.54) is 29.8 Å². The minimum absolute atomic E-state index is 0.176. The van der Waals surface area contributed by atoms with Crippen molar-refractivity contribution < 1.29 is 14.3 Å². The van der Waals surface area contributed by atoms with Crippen LogP contribution in [-0.4, -0.2) is 28.9 Å². The van der Waals surface area contributed by atoms with Gasteiger partial charge in [0.15, 0.2) is 5.13 Å². The second-order valence-electron chi connectivity index (χ2n) is 6.64. The summed E-state index contributed by atoms with van der Waals surface area (Å²) in [6.07, 6.45) is 0. The maximum absolute atomic E-state index is 12.8. The monoisotopic (exact) mass is 472 g/mol. The van der Waals surface area contributed by atoms with Gasteiger partial charge in [-0.1, -0.05) is 35.1 Å². The van der Waals surface area contributed by atoms with Gasteiger partial charge in [0.2, 0.25) is 5.91 Å². The first kappa shape index (κ1) is 21.2. The van der Waals surface area contributed by atoms with Crippen LogP contribution in [0.15, 0.2) is 47.3 Å². The van der Waals surface area contributed by atoms with Crippen molar-refractivity contribution in [1.82, 2.24) is 9.97 Å². The van der Waals surface area contributed by atoms with Crippen molar-refractivity contribution in [3.63, 3.8) is 0 Å². The molecule has 1 atom stereocenters. The molecule has 0 saturated heterocycles. The highest BCUT2D eigenvalue weighted by Crippen LogP contribution is 2.36. The Bertz CT molecular complexity index is 1260. The zero-order valence-corrected chi connectivity index (χ0v) is 18.9. The summed E-state index contributed by atoms with van der Waals surface area (Å²) < 4.78 is 6.22. The smallest absolute Gasteiger partial charge is 0.276 e. The summed E-state index contributed by atoms with van der Waals surface area (Å²) in [5.74, 6) is -0.406. The number of carbonyl (C=O) groups is 2. The summed E-state index contributed by atoms with van der Waals surface area (Å²) in [7, 11) is 1.53. The molecular formula is C21H17ClN4O3S2. The Kier molecular flexibility index (Phi) is 6.17. The number of hydrogen-bond acceptors (Lipinski definition) is 7. The Morgan fingerprint density at radius 1 is 1.19 bits per heavy atom. The van der Waals surface area contributed by atoms with E-state index in [1.54, 1.807) is 35.2 Å². The second-order valence-corrected chi connectivity index (χ2v) is 8.82. The number of nitrogens with zero attached hydrogens (tertiary/aromatic N) is 2. The lowest BCUT2D eigenvalue weighted by molar-refractivity contribution is -0.117. The Morgan fingerprint density at radius 3 is 2.74 bits per heavy atom. The van der Waals surface area contributed by atoms with Crippen molar-refractivity contribution in [2.45, 2.75) is 12.8 Å². The molecule has 31 heavy (non-hydrogen) atoms. The molecule has 7 nitrogen and oxygen atoms in total. The highest BCUT2D eigenvalue weighted by molar-refractivity contribution is 7.22. The zero-order chi connectivity index (χ0) is 22.0. The lowest BCUT2D eigenvalue weighted by Gasteiger charge is -2.13. The van der Waals surface area contributed by atoms with Crippen LogP contribution in [0.5, 0.6) is 5.75 Å². The van der Waals surface area contributed by atoms with Crippen LogP contribution in [0, 0.1) is 0 Å². The fourth-order valence-corrected chi connectivity index (χ4v) is 4.59. The van der Waals surface area contributed by atoms with Crippen molar-refractivity contribution >= 4 is 67.1 Å². The van der Waals surface area contributed by atoms with E-state index >= 15 is 0 Å². The quantitative estimate of drug-likeness (QED) is 0.391. The fourth-order valence-electron chi connectivity index (χ4n) is 2.94. The summed E-state index contributed by atoms with van der Waals surface area (Å²) in [6.45, 7) is 1.82. The molecule has 0 aliphatic heterocycles. The maximum atomic E-state index is 12.8. The van der Waals surface area contributed by atoms with Crippen molar-refractivity contribution in [3.8, 4) is 5.75 Å². The number of fused-ring (bicyclic) bond motifs is 1. The molecule has 0 bridgehead atoms. The molecule has 0 radical (unpaired) electrons. The van der Waals surface area contributed by atoms with E-state index in [4.69, 9.17) is 16.3 Å². The minimum Gasteiger partial charge on any atom is -0.494 e. The van der Waals surface area contributed by atoms with Gasteiger partial charge < -0.3 is 10.1 Å². The average Bonchev–Trinajstić information content (AvgIpc) is 3.42. The van der Waals surface area contributed by atoms with Gasteiger partial charge >= 0.3 is 0 Å².